The highest BCUT2D eigenvalue weighted by Crippen LogP contribution is 2.36. The van der Waals surface area contributed by atoms with E-state index in [-0.39, 0.29) is 12.5 Å². The lowest BCUT2D eigenvalue weighted by molar-refractivity contribution is -0.125. The number of halogens is 2. The lowest BCUT2D eigenvalue weighted by Crippen LogP contribution is -2.40. The number of nitrogens with one attached hydrogen (secondary N) is 1. The maximum atomic E-state index is 12.4. The number of para-hydroxylation sites is 2. The molecule has 1 aliphatic rings. The van der Waals surface area contributed by atoms with Gasteiger partial charge in [-0.25, -0.2) is 4.98 Å². The van der Waals surface area contributed by atoms with E-state index in [0.717, 1.165) is 4.70 Å². The molecule has 1 amide bonds. The maximum absolute atomic E-state index is 12.4. The highest BCUT2D eigenvalue weighted by molar-refractivity contribution is 7.23. The van der Waals surface area contributed by atoms with Crippen LogP contribution in [0.4, 0.5) is 5.13 Å². The number of rotatable bonds is 2. The number of nitrogens with zero attached hydrogens (tertiary/aromatic N) is 1. The molecule has 1 unspecified atom stereocenters. The number of hydrogen-bond acceptors (Lipinski definition) is 5. The molecule has 24 heavy (non-hydrogen) atoms. The summed E-state index contributed by atoms with van der Waals surface area (Å²) in [5.74, 6) is 0.829. The third kappa shape index (κ3) is 2.77. The van der Waals surface area contributed by atoms with E-state index < -0.39 is 6.10 Å². The summed E-state index contributed by atoms with van der Waals surface area (Å²) in [6, 6.07) is 10.6. The first-order valence-electron chi connectivity index (χ1n) is 7.06. The highest BCUT2D eigenvalue weighted by Gasteiger charge is 2.28. The number of ether oxygens (including phenoxy) is 2. The molecule has 1 N–H and O–H groups in total. The Bertz CT molecular complexity index is 905. The molecule has 0 radical (unpaired) electrons. The van der Waals surface area contributed by atoms with E-state index in [0.29, 0.717) is 32.2 Å². The Morgan fingerprint density at radius 3 is 2.71 bits per heavy atom. The van der Waals surface area contributed by atoms with Crippen LogP contribution in [0.15, 0.2) is 36.4 Å². The Morgan fingerprint density at radius 2 is 1.92 bits per heavy atom. The Balaban J connectivity index is 1.55. The van der Waals surface area contributed by atoms with Crippen molar-refractivity contribution in [1.29, 1.82) is 0 Å². The van der Waals surface area contributed by atoms with E-state index in [1.165, 1.54) is 11.3 Å². The molecule has 0 bridgehead atoms. The molecule has 0 saturated heterocycles. The van der Waals surface area contributed by atoms with Crippen molar-refractivity contribution in [1.82, 2.24) is 4.98 Å². The third-order valence-corrected chi connectivity index (χ3v) is 5.21. The number of aromatic nitrogens is 1. The van der Waals surface area contributed by atoms with Gasteiger partial charge in [-0.1, -0.05) is 46.7 Å². The average Bonchev–Trinajstić information content (AvgIpc) is 3.03. The Labute approximate surface area is 151 Å². The largest absolute Gasteiger partial charge is 0.485 e. The molecule has 0 aliphatic carbocycles. The van der Waals surface area contributed by atoms with E-state index in [1.54, 1.807) is 24.3 Å². The van der Waals surface area contributed by atoms with Crippen LogP contribution < -0.4 is 14.8 Å². The second kappa shape index (κ2) is 6.12. The standard InChI is InChI=1S/C16H10Cl2N2O3S/c17-8-5-6-9(18)14-13(8)19-16(24-14)20-15(21)12-7-22-10-3-1-2-4-11(10)23-12/h1-6,12H,7H2,(H,19,20,21). The fourth-order valence-electron chi connectivity index (χ4n) is 2.33. The minimum absolute atomic E-state index is 0.134. The van der Waals surface area contributed by atoms with Crippen molar-refractivity contribution in [2.24, 2.45) is 0 Å². The zero-order valence-corrected chi connectivity index (χ0v) is 14.4. The first kappa shape index (κ1) is 15.5. The van der Waals surface area contributed by atoms with E-state index in [4.69, 9.17) is 32.7 Å². The Kier molecular flexibility index (Phi) is 3.96. The van der Waals surface area contributed by atoms with Gasteiger partial charge in [-0.05, 0) is 24.3 Å². The van der Waals surface area contributed by atoms with Crippen molar-refractivity contribution in [2.75, 3.05) is 11.9 Å². The quantitative estimate of drug-likeness (QED) is 0.716. The highest BCUT2D eigenvalue weighted by atomic mass is 35.5. The Morgan fingerprint density at radius 1 is 1.17 bits per heavy atom. The minimum atomic E-state index is -0.752. The fourth-order valence-corrected chi connectivity index (χ4v) is 3.76. The monoisotopic (exact) mass is 380 g/mol. The lowest BCUT2D eigenvalue weighted by atomic mass is 10.2. The van der Waals surface area contributed by atoms with Crippen LogP contribution >= 0.6 is 34.5 Å². The van der Waals surface area contributed by atoms with Crippen molar-refractivity contribution >= 4 is 55.8 Å². The van der Waals surface area contributed by atoms with Crippen LogP contribution in [-0.4, -0.2) is 23.6 Å². The number of hydrogen-bond donors (Lipinski definition) is 1. The van der Waals surface area contributed by atoms with E-state index in [2.05, 4.69) is 10.3 Å². The summed E-state index contributed by atoms with van der Waals surface area (Å²) < 4.78 is 11.9. The van der Waals surface area contributed by atoms with Crippen LogP contribution in [0.2, 0.25) is 10.0 Å². The molecule has 2 heterocycles. The summed E-state index contributed by atoms with van der Waals surface area (Å²) in [6.07, 6.45) is -0.752. The molecule has 2 aromatic carbocycles. The van der Waals surface area contributed by atoms with Gasteiger partial charge in [0.2, 0.25) is 6.10 Å². The summed E-state index contributed by atoms with van der Waals surface area (Å²) in [7, 11) is 0. The van der Waals surface area contributed by atoms with Crippen molar-refractivity contribution in [3.05, 3.63) is 46.4 Å². The van der Waals surface area contributed by atoms with Crippen LogP contribution in [0.5, 0.6) is 11.5 Å². The first-order valence-corrected chi connectivity index (χ1v) is 8.63. The number of fused-ring (bicyclic) bond motifs is 2. The molecular formula is C16H10Cl2N2O3S. The molecule has 5 nitrogen and oxygen atoms in total. The second-order valence-corrected chi connectivity index (χ2v) is 6.89. The van der Waals surface area contributed by atoms with Gasteiger partial charge in [-0.3, -0.25) is 10.1 Å². The van der Waals surface area contributed by atoms with Gasteiger partial charge in [-0.2, -0.15) is 0 Å². The number of anilines is 1. The zero-order valence-electron chi connectivity index (χ0n) is 12.1. The number of carbonyl (C=O) groups is 1. The number of benzene rings is 2. The minimum Gasteiger partial charge on any atom is -0.485 e. The van der Waals surface area contributed by atoms with Crippen molar-refractivity contribution < 1.29 is 14.3 Å². The van der Waals surface area contributed by atoms with Crippen LogP contribution in [0.3, 0.4) is 0 Å². The first-order chi connectivity index (χ1) is 11.6. The predicted octanol–water partition coefficient (Wildman–Crippen LogP) is 4.38. The molecule has 3 aromatic rings. The molecule has 0 fully saturated rings. The SMILES string of the molecule is O=C(Nc1nc2c(Cl)ccc(Cl)c2s1)C1COc2ccccc2O1. The third-order valence-electron chi connectivity index (χ3n) is 3.48. The van der Waals surface area contributed by atoms with Crippen molar-refractivity contribution in [3.8, 4) is 11.5 Å². The van der Waals surface area contributed by atoms with E-state index >= 15 is 0 Å². The van der Waals surface area contributed by atoms with Crippen LogP contribution in [0.25, 0.3) is 10.2 Å². The predicted molar refractivity (Wildman–Crippen MR) is 94.6 cm³/mol. The normalized spacial score (nSPS) is 16.2. The molecule has 1 atom stereocenters. The fraction of sp³-hybridized carbons (Fsp3) is 0.125. The molecular weight excluding hydrogens is 371 g/mol. The van der Waals surface area contributed by atoms with Gasteiger partial charge in [-0.15, -0.1) is 0 Å². The number of thiazole rings is 1. The van der Waals surface area contributed by atoms with E-state index in [1.807, 2.05) is 12.1 Å². The molecule has 4 rings (SSSR count). The molecule has 1 aliphatic heterocycles. The lowest BCUT2D eigenvalue weighted by Gasteiger charge is -2.25. The number of carbonyl (C=O) groups excluding carboxylic acids is 1. The Hall–Kier alpha value is -2.02. The molecule has 0 saturated carbocycles. The smallest absolute Gasteiger partial charge is 0.270 e. The summed E-state index contributed by atoms with van der Waals surface area (Å²) in [5, 5.41) is 4.17. The van der Waals surface area contributed by atoms with Gasteiger partial charge in [0.15, 0.2) is 16.6 Å². The van der Waals surface area contributed by atoms with Gasteiger partial charge >= 0.3 is 0 Å². The summed E-state index contributed by atoms with van der Waals surface area (Å²) >= 11 is 13.5. The molecule has 0 spiro atoms. The van der Waals surface area contributed by atoms with Crippen molar-refractivity contribution in [2.45, 2.75) is 6.10 Å². The number of amides is 1. The van der Waals surface area contributed by atoms with E-state index in [9.17, 15) is 4.79 Å². The van der Waals surface area contributed by atoms with Gasteiger partial charge in [0.05, 0.1) is 14.7 Å². The topological polar surface area (TPSA) is 60.5 Å². The zero-order chi connectivity index (χ0) is 16.7. The van der Waals surface area contributed by atoms with Crippen LogP contribution in [0.1, 0.15) is 0 Å². The van der Waals surface area contributed by atoms with Crippen LogP contribution in [0, 0.1) is 0 Å². The maximum Gasteiger partial charge on any atom is 0.270 e. The summed E-state index contributed by atoms with van der Waals surface area (Å²) in [4.78, 5) is 16.7. The van der Waals surface area contributed by atoms with Crippen molar-refractivity contribution in [3.63, 3.8) is 0 Å². The average molecular weight is 381 g/mol. The molecule has 1 aromatic heterocycles. The van der Waals surface area contributed by atoms with Gasteiger partial charge in [0.25, 0.3) is 5.91 Å². The van der Waals surface area contributed by atoms with Gasteiger partial charge in [0.1, 0.15) is 12.1 Å². The summed E-state index contributed by atoms with van der Waals surface area (Å²) in [5.41, 5.74) is 0.565. The van der Waals surface area contributed by atoms with Gasteiger partial charge < -0.3 is 9.47 Å². The molecule has 8 heteroatoms. The van der Waals surface area contributed by atoms with Crippen LogP contribution in [-0.2, 0) is 4.79 Å². The second-order valence-electron chi connectivity index (χ2n) is 5.08. The molecule has 122 valence electrons. The summed E-state index contributed by atoms with van der Waals surface area (Å²) in [6.45, 7) is 0.134. The van der Waals surface area contributed by atoms with Gasteiger partial charge in [0, 0.05) is 0 Å².